The molecule has 0 atom stereocenters. The standard InChI is InChI=1S/C23H26N6/c1-4-29-21(18-10-12-24-13-11-18)27-20-15-25-23(28-22(20)29)26-19-7-5-6-17(14-19)9-8-16(2)3/h5-7,10-16H,4,8-9H2,1-3H3,(H,25,26,28). The number of hydrogen-bond acceptors (Lipinski definition) is 5. The van der Waals surface area contributed by atoms with Crippen LogP contribution in [0, 0.1) is 5.92 Å². The number of pyridine rings is 1. The fourth-order valence-electron chi connectivity index (χ4n) is 3.39. The summed E-state index contributed by atoms with van der Waals surface area (Å²) < 4.78 is 2.11. The van der Waals surface area contributed by atoms with Crippen LogP contribution in [0.25, 0.3) is 22.6 Å². The molecule has 148 valence electrons. The third kappa shape index (κ3) is 4.26. The van der Waals surface area contributed by atoms with Crippen molar-refractivity contribution in [2.75, 3.05) is 5.32 Å². The quantitative estimate of drug-likeness (QED) is 0.470. The topological polar surface area (TPSA) is 68.5 Å². The van der Waals surface area contributed by atoms with E-state index in [0.29, 0.717) is 11.9 Å². The van der Waals surface area contributed by atoms with Crippen molar-refractivity contribution in [1.82, 2.24) is 24.5 Å². The zero-order valence-corrected chi connectivity index (χ0v) is 17.1. The van der Waals surface area contributed by atoms with Crippen molar-refractivity contribution in [3.8, 4) is 11.4 Å². The summed E-state index contributed by atoms with van der Waals surface area (Å²) in [4.78, 5) is 18.1. The zero-order valence-electron chi connectivity index (χ0n) is 17.1. The van der Waals surface area contributed by atoms with Crippen LogP contribution in [0.2, 0.25) is 0 Å². The molecule has 0 fully saturated rings. The summed E-state index contributed by atoms with van der Waals surface area (Å²) in [5.74, 6) is 2.16. The van der Waals surface area contributed by atoms with Crippen LogP contribution in [0.15, 0.2) is 55.0 Å². The van der Waals surface area contributed by atoms with Crippen molar-refractivity contribution < 1.29 is 0 Å². The molecule has 0 saturated carbocycles. The Labute approximate surface area is 171 Å². The number of anilines is 2. The van der Waals surface area contributed by atoms with Crippen LogP contribution in [-0.4, -0.2) is 24.5 Å². The molecule has 6 nitrogen and oxygen atoms in total. The first-order valence-corrected chi connectivity index (χ1v) is 10.1. The summed E-state index contributed by atoms with van der Waals surface area (Å²) in [5.41, 5.74) is 4.96. The Balaban J connectivity index is 1.63. The number of fused-ring (bicyclic) bond motifs is 1. The number of aryl methyl sites for hydroxylation is 2. The Bertz CT molecular complexity index is 1100. The molecular formula is C23H26N6. The number of benzene rings is 1. The minimum absolute atomic E-state index is 0.578. The maximum absolute atomic E-state index is 4.75. The van der Waals surface area contributed by atoms with Crippen LogP contribution in [-0.2, 0) is 13.0 Å². The van der Waals surface area contributed by atoms with E-state index in [2.05, 4.69) is 58.8 Å². The highest BCUT2D eigenvalue weighted by molar-refractivity contribution is 5.77. The summed E-state index contributed by atoms with van der Waals surface area (Å²) in [6.45, 7) is 7.37. The molecule has 1 N–H and O–H groups in total. The summed E-state index contributed by atoms with van der Waals surface area (Å²) in [5, 5.41) is 3.35. The molecule has 0 amide bonds. The van der Waals surface area contributed by atoms with Crippen molar-refractivity contribution >= 4 is 22.8 Å². The molecule has 4 rings (SSSR count). The largest absolute Gasteiger partial charge is 0.324 e. The third-order valence-corrected chi connectivity index (χ3v) is 4.94. The lowest BCUT2D eigenvalue weighted by molar-refractivity contribution is 0.587. The first kappa shape index (κ1) is 19.1. The van der Waals surface area contributed by atoms with Crippen LogP contribution < -0.4 is 5.32 Å². The van der Waals surface area contributed by atoms with Crippen molar-refractivity contribution in [2.24, 2.45) is 5.92 Å². The average Bonchev–Trinajstić information content (AvgIpc) is 3.11. The summed E-state index contributed by atoms with van der Waals surface area (Å²) >= 11 is 0. The Morgan fingerprint density at radius 2 is 1.90 bits per heavy atom. The Kier molecular flexibility index (Phi) is 5.51. The van der Waals surface area contributed by atoms with E-state index in [1.54, 1.807) is 18.6 Å². The van der Waals surface area contributed by atoms with Gasteiger partial charge in [-0.3, -0.25) is 4.98 Å². The monoisotopic (exact) mass is 386 g/mol. The predicted octanol–water partition coefficient (Wildman–Crippen LogP) is 5.24. The Morgan fingerprint density at radius 1 is 1.07 bits per heavy atom. The Morgan fingerprint density at radius 3 is 2.66 bits per heavy atom. The molecule has 0 aliphatic carbocycles. The van der Waals surface area contributed by atoms with Crippen molar-refractivity contribution in [1.29, 1.82) is 0 Å². The molecule has 6 heteroatoms. The highest BCUT2D eigenvalue weighted by atomic mass is 15.2. The second-order valence-electron chi connectivity index (χ2n) is 7.58. The van der Waals surface area contributed by atoms with Crippen LogP contribution in [0.5, 0.6) is 0 Å². The molecule has 0 aliphatic rings. The van der Waals surface area contributed by atoms with Gasteiger partial charge in [0.05, 0.1) is 6.20 Å². The van der Waals surface area contributed by atoms with E-state index >= 15 is 0 Å². The number of rotatable bonds is 7. The smallest absolute Gasteiger partial charge is 0.229 e. The van der Waals surface area contributed by atoms with Gasteiger partial charge in [0, 0.05) is 30.2 Å². The number of nitrogens with zero attached hydrogens (tertiary/aromatic N) is 5. The molecule has 0 bridgehead atoms. The van der Waals surface area contributed by atoms with E-state index in [4.69, 9.17) is 9.97 Å². The minimum Gasteiger partial charge on any atom is -0.324 e. The molecule has 0 aliphatic heterocycles. The van der Waals surface area contributed by atoms with Crippen molar-refractivity contribution in [3.63, 3.8) is 0 Å². The third-order valence-electron chi connectivity index (χ3n) is 4.94. The zero-order chi connectivity index (χ0) is 20.2. The van der Waals surface area contributed by atoms with Crippen LogP contribution in [0.1, 0.15) is 32.8 Å². The van der Waals surface area contributed by atoms with Crippen LogP contribution >= 0.6 is 0 Å². The van der Waals surface area contributed by atoms with E-state index in [9.17, 15) is 0 Å². The van der Waals surface area contributed by atoms with Gasteiger partial charge in [0.1, 0.15) is 11.3 Å². The Hall–Kier alpha value is -3.28. The molecule has 0 saturated heterocycles. The van der Waals surface area contributed by atoms with Crippen LogP contribution in [0.4, 0.5) is 11.6 Å². The predicted molar refractivity (Wildman–Crippen MR) is 117 cm³/mol. The maximum Gasteiger partial charge on any atom is 0.229 e. The van der Waals surface area contributed by atoms with Gasteiger partial charge >= 0.3 is 0 Å². The van der Waals surface area contributed by atoms with Crippen molar-refractivity contribution in [2.45, 2.75) is 40.2 Å². The van der Waals surface area contributed by atoms with Gasteiger partial charge in [-0.25, -0.2) is 9.97 Å². The van der Waals surface area contributed by atoms with Gasteiger partial charge in [0.25, 0.3) is 0 Å². The first-order chi connectivity index (χ1) is 14.1. The molecule has 0 unspecified atom stereocenters. The van der Waals surface area contributed by atoms with Gasteiger partial charge in [-0.1, -0.05) is 26.0 Å². The van der Waals surface area contributed by atoms with Gasteiger partial charge in [-0.2, -0.15) is 4.98 Å². The summed E-state index contributed by atoms with van der Waals surface area (Å²) in [7, 11) is 0. The normalized spacial score (nSPS) is 11.3. The highest BCUT2D eigenvalue weighted by Crippen LogP contribution is 2.24. The number of nitrogens with one attached hydrogen (secondary N) is 1. The highest BCUT2D eigenvalue weighted by Gasteiger charge is 2.14. The lowest BCUT2D eigenvalue weighted by atomic mass is 10.0. The molecule has 4 aromatic rings. The summed E-state index contributed by atoms with van der Waals surface area (Å²) in [6.07, 6.45) is 7.59. The molecule has 0 spiro atoms. The second kappa shape index (κ2) is 8.39. The fraction of sp³-hybridized carbons (Fsp3) is 0.304. The van der Waals surface area contributed by atoms with E-state index in [-0.39, 0.29) is 0 Å². The molecule has 3 aromatic heterocycles. The van der Waals surface area contributed by atoms with E-state index < -0.39 is 0 Å². The maximum atomic E-state index is 4.75. The average molecular weight is 387 g/mol. The fourth-order valence-corrected chi connectivity index (χ4v) is 3.39. The van der Waals surface area contributed by atoms with Crippen LogP contribution in [0.3, 0.4) is 0 Å². The van der Waals surface area contributed by atoms with E-state index in [0.717, 1.165) is 41.2 Å². The SMILES string of the molecule is CCn1c(-c2ccncc2)nc2cnc(Nc3cccc(CCC(C)C)c3)nc21. The number of imidazole rings is 1. The van der Waals surface area contributed by atoms with E-state index in [1.165, 1.54) is 12.0 Å². The molecule has 1 aromatic carbocycles. The molecule has 3 heterocycles. The minimum atomic E-state index is 0.578. The molecule has 29 heavy (non-hydrogen) atoms. The number of aromatic nitrogens is 5. The first-order valence-electron chi connectivity index (χ1n) is 10.1. The van der Waals surface area contributed by atoms with Gasteiger partial charge in [-0.05, 0) is 55.5 Å². The summed E-state index contributed by atoms with van der Waals surface area (Å²) in [6, 6.07) is 12.4. The second-order valence-corrected chi connectivity index (χ2v) is 7.58. The molecule has 0 radical (unpaired) electrons. The lowest BCUT2D eigenvalue weighted by Gasteiger charge is -2.09. The van der Waals surface area contributed by atoms with Gasteiger partial charge in [-0.15, -0.1) is 0 Å². The molecular weight excluding hydrogens is 360 g/mol. The number of hydrogen-bond donors (Lipinski definition) is 1. The van der Waals surface area contributed by atoms with Gasteiger partial charge in [0.2, 0.25) is 5.95 Å². The van der Waals surface area contributed by atoms with Crippen molar-refractivity contribution in [3.05, 3.63) is 60.6 Å². The lowest BCUT2D eigenvalue weighted by Crippen LogP contribution is -2.02. The van der Waals surface area contributed by atoms with Gasteiger partial charge in [0.15, 0.2) is 5.65 Å². The van der Waals surface area contributed by atoms with E-state index in [1.807, 2.05) is 18.2 Å². The van der Waals surface area contributed by atoms with Gasteiger partial charge < -0.3 is 9.88 Å².